The lowest BCUT2D eigenvalue weighted by molar-refractivity contribution is -0.300. The van der Waals surface area contributed by atoms with Gasteiger partial charge in [0, 0.05) is 52.1 Å². The number of amides is 7. The van der Waals surface area contributed by atoms with Crippen molar-refractivity contribution in [1.29, 1.82) is 0 Å². The molecule has 5 saturated heterocycles. The van der Waals surface area contributed by atoms with E-state index in [9.17, 15) is 120 Å². The molecule has 41 heteroatoms. The monoisotopic (exact) mass is 1340 g/mol. The van der Waals surface area contributed by atoms with Crippen LogP contribution in [0.1, 0.15) is 25.7 Å². The van der Waals surface area contributed by atoms with Gasteiger partial charge in [-0.1, -0.05) is 0 Å². The summed E-state index contributed by atoms with van der Waals surface area (Å²) < 4.78 is 43.0. The normalized spacial score (nSPS) is 32.9. The van der Waals surface area contributed by atoms with Crippen LogP contribution in [0.15, 0.2) is 0 Å². The number of hydroxylamine groups is 2. The zero-order valence-corrected chi connectivity index (χ0v) is 49.6. The van der Waals surface area contributed by atoms with Gasteiger partial charge in [0.1, 0.15) is 97.7 Å². The van der Waals surface area contributed by atoms with Gasteiger partial charge in [0.15, 0.2) is 25.2 Å². The number of aliphatic hydroxyl groups is 16. The highest BCUT2D eigenvalue weighted by molar-refractivity contribution is 6.01. The minimum Gasteiger partial charge on any atom is -0.394 e. The van der Waals surface area contributed by atoms with Crippen molar-refractivity contribution >= 4 is 47.3 Å². The van der Waals surface area contributed by atoms with Crippen LogP contribution in [0.5, 0.6) is 0 Å². The maximum Gasteiger partial charge on any atom is 0.334 e. The summed E-state index contributed by atoms with van der Waals surface area (Å²) in [6.07, 6.45) is -34.7. The Kier molecular flexibility index (Phi) is 32.5. The van der Waals surface area contributed by atoms with E-state index < -0.39 is 294 Å². The van der Waals surface area contributed by atoms with E-state index in [4.69, 9.17) is 42.7 Å². The maximum absolute atomic E-state index is 14.5. The molecule has 0 unspecified atom stereocenters. The minimum atomic E-state index is -1.82. The molecule has 0 aromatic carbocycles. The van der Waals surface area contributed by atoms with Crippen molar-refractivity contribution in [1.82, 2.24) is 41.4 Å². The Morgan fingerprint density at radius 3 is 1.04 bits per heavy atom. The van der Waals surface area contributed by atoms with E-state index in [1.807, 2.05) is 0 Å². The van der Waals surface area contributed by atoms with E-state index >= 15 is 0 Å². The number of rotatable bonds is 37. The van der Waals surface area contributed by atoms with Crippen LogP contribution in [0.25, 0.3) is 0 Å². The van der Waals surface area contributed by atoms with Gasteiger partial charge in [-0.2, -0.15) is 0 Å². The lowest BCUT2D eigenvalue weighted by Gasteiger charge is -2.39. The number of hydrogen-bond acceptors (Lipinski definition) is 35. The number of nitrogens with zero attached hydrogens (tertiary/aromatic N) is 3. The minimum absolute atomic E-state index is 0.238. The predicted octanol–water partition coefficient (Wildman–Crippen LogP) is -15.8. The molecule has 21 atom stereocenters. The second-order valence-electron chi connectivity index (χ2n) is 21.7. The first-order chi connectivity index (χ1) is 43.7. The molecule has 41 nitrogen and oxygen atoms in total. The molecule has 7 amide bonds. The van der Waals surface area contributed by atoms with Gasteiger partial charge < -0.3 is 151 Å². The van der Waals surface area contributed by atoms with Crippen molar-refractivity contribution in [3.8, 4) is 0 Å². The fourth-order valence-corrected chi connectivity index (χ4v) is 9.77. The molecule has 92 heavy (non-hydrogen) atoms. The van der Waals surface area contributed by atoms with Crippen LogP contribution >= 0.6 is 0 Å². The first-order valence-corrected chi connectivity index (χ1v) is 29.3. The van der Waals surface area contributed by atoms with Crippen LogP contribution in [0, 0.1) is 0 Å². The highest BCUT2D eigenvalue weighted by atomic mass is 16.7. The Bertz CT molecular complexity index is 2220. The van der Waals surface area contributed by atoms with Crippen LogP contribution in [0.2, 0.25) is 0 Å². The Hall–Kier alpha value is -5.08. The largest absolute Gasteiger partial charge is 0.394 e. The highest BCUT2D eigenvalue weighted by Crippen LogP contribution is 2.26. The van der Waals surface area contributed by atoms with Crippen LogP contribution in [0.4, 0.5) is 0 Å². The molecule has 5 aliphatic heterocycles. The van der Waals surface area contributed by atoms with E-state index in [1.54, 1.807) is 0 Å². The zero-order valence-electron chi connectivity index (χ0n) is 49.6. The fourth-order valence-electron chi connectivity index (χ4n) is 9.77. The lowest BCUT2D eigenvalue weighted by Crippen LogP contribution is -2.59. The van der Waals surface area contributed by atoms with Gasteiger partial charge in [0.25, 0.3) is 11.8 Å². The molecular formula is C51H86N8O33. The summed E-state index contributed by atoms with van der Waals surface area (Å²) in [7, 11) is 0. The number of carbonyl (C=O) groups is 8. The van der Waals surface area contributed by atoms with Crippen LogP contribution in [0.3, 0.4) is 0 Å². The maximum atomic E-state index is 14.5. The number of carbonyl (C=O) groups excluding carboxylic acids is 8. The summed E-state index contributed by atoms with van der Waals surface area (Å²) in [5.74, 6) is -7.34. The van der Waals surface area contributed by atoms with Gasteiger partial charge in [-0.05, 0) is 6.42 Å². The SMILES string of the molecule is O=C(CN(CC[C@H](C(=O)NCCC(=O)ON1C(=O)CCC1=O)N(CC(=O)NCCO[C@H]1O[C@H](CO)[C@@H](O)[C@H](O)[C@@H]1O)CC(=O)NCCO[C@H]1O[C@H](CO)[C@@H](O)[C@H](O)[C@@H]1O)CC(=O)NCCO[C@H]1O[C@H](CO)[C@@H](O)[C@H](O)[C@@H]1O)NCCO[C@H]1O[C@H](CO)[C@@H](O)[C@H](O)[C@@H]1O. The van der Waals surface area contributed by atoms with Crippen LogP contribution in [-0.2, 0) is 81.1 Å². The van der Waals surface area contributed by atoms with Crippen LogP contribution in [-0.4, -0.2) is 391 Å². The molecule has 5 aliphatic rings. The summed E-state index contributed by atoms with van der Waals surface area (Å²) in [5.41, 5.74) is 0. The second-order valence-corrected chi connectivity index (χ2v) is 21.7. The van der Waals surface area contributed by atoms with Crippen molar-refractivity contribution in [2.24, 2.45) is 0 Å². The number of hydrogen-bond donors (Lipinski definition) is 21. The average molecular weight is 1340 g/mol. The topological polar surface area (TPSA) is 613 Å². The van der Waals surface area contributed by atoms with Crippen molar-refractivity contribution in [2.75, 3.05) is 118 Å². The summed E-state index contributed by atoms with van der Waals surface area (Å²) in [6, 6.07) is -1.69. The number of nitrogens with one attached hydrogen (secondary N) is 5. The van der Waals surface area contributed by atoms with Crippen molar-refractivity contribution in [3.63, 3.8) is 0 Å². The summed E-state index contributed by atoms with van der Waals surface area (Å²) in [4.78, 5) is 114. The molecule has 0 bridgehead atoms. The van der Waals surface area contributed by atoms with E-state index in [0.29, 0.717) is 0 Å². The van der Waals surface area contributed by atoms with Gasteiger partial charge in [0.05, 0.1) is 91.5 Å². The second kappa shape index (κ2) is 38.5. The number of imide groups is 1. The van der Waals surface area contributed by atoms with E-state index in [1.165, 1.54) is 4.90 Å². The molecule has 21 N–H and O–H groups in total. The Labute approximate surface area is 523 Å². The third kappa shape index (κ3) is 22.5. The molecule has 0 radical (unpaired) electrons. The predicted molar refractivity (Wildman–Crippen MR) is 292 cm³/mol. The van der Waals surface area contributed by atoms with Gasteiger partial charge in [-0.25, -0.2) is 4.79 Å². The smallest absolute Gasteiger partial charge is 0.334 e. The molecule has 0 spiro atoms. The summed E-state index contributed by atoms with van der Waals surface area (Å²) >= 11 is 0. The Morgan fingerprint density at radius 2 is 0.739 bits per heavy atom. The third-order valence-electron chi connectivity index (χ3n) is 14.9. The van der Waals surface area contributed by atoms with Gasteiger partial charge >= 0.3 is 5.97 Å². The van der Waals surface area contributed by atoms with Crippen LogP contribution < -0.4 is 26.6 Å². The molecule has 0 saturated carbocycles. The molecule has 5 rings (SSSR count). The lowest BCUT2D eigenvalue weighted by atomic mass is 9.99. The molecule has 528 valence electrons. The fraction of sp³-hybridized carbons (Fsp3) is 0.843. The van der Waals surface area contributed by atoms with Crippen molar-refractivity contribution in [3.05, 3.63) is 0 Å². The third-order valence-corrected chi connectivity index (χ3v) is 14.9. The summed E-state index contributed by atoms with van der Waals surface area (Å²) in [5, 5.41) is 174. The van der Waals surface area contributed by atoms with Gasteiger partial charge in [0.2, 0.25) is 29.5 Å². The van der Waals surface area contributed by atoms with Gasteiger partial charge in [-0.15, -0.1) is 5.06 Å². The molecule has 0 aromatic heterocycles. The highest BCUT2D eigenvalue weighted by Gasteiger charge is 2.48. The average Bonchev–Trinajstić information content (AvgIpc) is 1.36. The molecule has 0 aliphatic carbocycles. The van der Waals surface area contributed by atoms with E-state index in [-0.39, 0.29) is 31.0 Å². The van der Waals surface area contributed by atoms with E-state index in [0.717, 1.165) is 4.90 Å². The first-order valence-electron chi connectivity index (χ1n) is 29.3. The standard InChI is InChI=1S/C51H86N8O33/c60-19-24-35(71)39(75)43(79)48(88-24)84-11-6-52-28(64)15-57(16-29(65)53-7-12-85-49-44(80)40(76)36(72)25(20-61)89-49)10-4-23(47(83)56-5-3-34(70)92-59-32(68)1-2-33(59)69)58(17-30(66)54-8-13-86-50-45(81)41(77)37(73)26(21-62)90-50)18-31(67)55-9-14-87-51-46(82)42(78)38(74)27(22-63)91-51/h23-27,35-46,48-51,60-63,71-82H,1-22H2,(H,52,64)(H,53,65)(H,54,66)(H,55,67)(H,56,83)/t23-,24-,25-,26-,27-,35-,36-,37-,38-,39+,40+,41+,42+,43+,44+,45+,46+,48+,49+,50+,51+/m1/s1. The molecule has 5 heterocycles. The quantitative estimate of drug-likeness (QED) is 0.0203. The van der Waals surface area contributed by atoms with Gasteiger partial charge in [-0.3, -0.25) is 43.4 Å². The number of ether oxygens (including phenoxy) is 8. The molecule has 5 fully saturated rings. The number of aliphatic hydroxyl groups excluding tert-OH is 16. The molecule has 0 aromatic rings. The zero-order chi connectivity index (χ0) is 67.9. The molecular weight excluding hydrogens is 1250 g/mol. The summed E-state index contributed by atoms with van der Waals surface area (Å²) in [6.45, 7) is -10.5. The Balaban J connectivity index is 1.37. The first kappa shape index (κ1) is 77.6. The van der Waals surface area contributed by atoms with Crippen molar-refractivity contribution < 1.29 is 163 Å². The van der Waals surface area contributed by atoms with E-state index in [2.05, 4.69) is 26.6 Å². The van der Waals surface area contributed by atoms with Crippen molar-refractivity contribution in [2.45, 2.75) is 155 Å². The Morgan fingerprint density at radius 1 is 0.435 bits per heavy atom.